The number of unbranched alkanes of at least 4 members (excludes halogenated alkanes) is 1. The van der Waals surface area contributed by atoms with Crippen LogP contribution in [0.2, 0.25) is 0 Å². The third kappa shape index (κ3) is 5.30. The lowest BCUT2D eigenvalue weighted by Crippen LogP contribution is -2.14. The number of carbonyl (C=O) groups excluding carboxylic acids is 1. The maximum absolute atomic E-state index is 11.3. The maximum atomic E-state index is 11.3. The molecule has 0 N–H and O–H groups in total. The molecule has 0 aliphatic carbocycles. The first-order chi connectivity index (χ1) is 6.50. The molecule has 0 amide bonds. The van der Waals surface area contributed by atoms with Gasteiger partial charge in [0.05, 0.1) is 12.2 Å². The van der Waals surface area contributed by atoms with Crippen LogP contribution in [0.1, 0.15) is 19.8 Å². The zero-order valence-electron chi connectivity index (χ0n) is 7.53. The fraction of sp³-hybridized carbons (Fsp3) is 0.625. The van der Waals surface area contributed by atoms with E-state index < -0.39 is 10.8 Å². The highest BCUT2D eigenvalue weighted by Gasteiger charge is 2.21. The predicted molar refractivity (Wildman–Crippen MR) is 60.1 cm³/mol. The van der Waals surface area contributed by atoms with E-state index in [1.807, 2.05) is 6.92 Å². The van der Waals surface area contributed by atoms with E-state index in [4.69, 9.17) is 51.1 Å². The van der Waals surface area contributed by atoms with Gasteiger partial charge in [-0.05, 0) is 6.42 Å². The SMILES string of the molecule is CCCCOC(=O)C(=C(Cl)Cl)C(Cl)Cl. The van der Waals surface area contributed by atoms with Crippen molar-refractivity contribution in [1.29, 1.82) is 0 Å². The summed E-state index contributed by atoms with van der Waals surface area (Å²) in [5.41, 5.74) is -0.118. The molecule has 2 nitrogen and oxygen atoms in total. The predicted octanol–water partition coefficient (Wildman–Crippen LogP) is 3.82. The van der Waals surface area contributed by atoms with E-state index in [1.165, 1.54) is 0 Å². The van der Waals surface area contributed by atoms with Gasteiger partial charge in [-0.25, -0.2) is 4.79 Å². The van der Waals surface area contributed by atoms with Gasteiger partial charge in [0.1, 0.15) is 9.33 Å². The minimum absolute atomic E-state index is 0.118. The fourth-order valence-corrected chi connectivity index (χ4v) is 1.63. The Hall–Kier alpha value is 0.370. The van der Waals surface area contributed by atoms with Crippen molar-refractivity contribution >= 4 is 52.4 Å². The molecule has 0 unspecified atom stereocenters. The summed E-state index contributed by atoms with van der Waals surface area (Å²) >= 11 is 21.8. The van der Waals surface area contributed by atoms with Gasteiger partial charge in [0, 0.05) is 0 Å². The molecular formula is C8H10Cl4O2. The lowest BCUT2D eigenvalue weighted by atomic mass is 10.3. The molecule has 0 atom stereocenters. The van der Waals surface area contributed by atoms with Crippen LogP contribution in [0.4, 0.5) is 0 Å². The minimum Gasteiger partial charge on any atom is -0.462 e. The molecule has 6 heteroatoms. The zero-order valence-corrected chi connectivity index (χ0v) is 10.6. The van der Waals surface area contributed by atoms with Gasteiger partial charge in [0.2, 0.25) is 0 Å². The Kier molecular flexibility index (Phi) is 7.84. The average Bonchev–Trinajstić information content (AvgIpc) is 2.03. The Morgan fingerprint density at radius 1 is 1.36 bits per heavy atom. The summed E-state index contributed by atoms with van der Waals surface area (Å²) in [4.78, 5) is 10.2. The first-order valence-electron chi connectivity index (χ1n) is 4.01. The van der Waals surface area contributed by atoms with Crippen LogP contribution in [-0.4, -0.2) is 17.4 Å². The molecule has 0 fully saturated rings. The van der Waals surface area contributed by atoms with Crippen LogP contribution >= 0.6 is 46.4 Å². The lowest BCUT2D eigenvalue weighted by molar-refractivity contribution is -0.139. The van der Waals surface area contributed by atoms with Crippen LogP contribution in [-0.2, 0) is 9.53 Å². The molecule has 82 valence electrons. The summed E-state index contributed by atoms with van der Waals surface area (Å²) in [5, 5.41) is 0. The fourth-order valence-electron chi connectivity index (χ4n) is 0.636. The Labute approximate surface area is 103 Å². The summed E-state index contributed by atoms with van der Waals surface area (Å²) in [6.07, 6.45) is 1.69. The summed E-state index contributed by atoms with van der Waals surface area (Å²) < 4.78 is 4.57. The molecule has 0 aromatic rings. The van der Waals surface area contributed by atoms with Gasteiger partial charge in [-0.2, -0.15) is 0 Å². The smallest absolute Gasteiger partial charge is 0.339 e. The zero-order chi connectivity index (χ0) is 11.1. The van der Waals surface area contributed by atoms with Crippen molar-refractivity contribution in [3.8, 4) is 0 Å². The number of halogens is 4. The summed E-state index contributed by atoms with van der Waals surface area (Å²) in [5.74, 6) is -0.673. The molecule has 0 saturated heterocycles. The van der Waals surface area contributed by atoms with Crippen molar-refractivity contribution in [1.82, 2.24) is 0 Å². The van der Waals surface area contributed by atoms with Crippen LogP contribution in [0.3, 0.4) is 0 Å². The molecule has 0 bridgehead atoms. The van der Waals surface area contributed by atoms with Gasteiger partial charge >= 0.3 is 5.97 Å². The normalized spacial score (nSPS) is 10.1. The number of carbonyl (C=O) groups is 1. The second kappa shape index (κ2) is 7.63. The largest absolute Gasteiger partial charge is 0.462 e. The molecule has 0 aliphatic heterocycles. The Bertz CT molecular complexity index is 221. The van der Waals surface area contributed by atoms with Gasteiger partial charge < -0.3 is 4.74 Å². The second-order valence-electron chi connectivity index (χ2n) is 2.46. The quantitative estimate of drug-likeness (QED) is 0.331. The van der Waals surface area contributed by atoms with Gasteiger partial charge in [0.25, 0.3) is 0 Å². The minimum atomic E-state index is -1.07. The standard InChI is InChI=1S/C8H10Cl4O2/c1-2-3-4-14-8(13)5(6(9)10)7(11)12/h6H,2-4H2,1H3. The third-order valence-electron chi connectivity index (χ3n) is 1.37. The number of rotatable bonds is 5. The molecule has 14 heavy (non-hydrogen) atoms. The number of esters is 1. The van der Waals surface area contributed by atoms with E-state index in [2.05, 4.69) is 0 Å². The molecule has 0 spiro atoms. The number of hydrogen-bond acceptors (Lipinski definition) is 2. The van der Waals surface area contributed by atoms with E-state index in [-0.39, 0.29) is 10.1 Å². The van der Waals surface area contributed by atoms with Crippen molar-refractivity contribution in [2.75, 3.05) is 6.61 Å². The van der Waals surface area contributed by atoms with Gasteiger partial charge in [-0.1, -0.05) is 59.7 Å². The van der Waals surface area contributed by atoms with Crippen molar-refractivity contribution in [3.63, 3.8) is 0 Å². The van der Waals surface area contributed by atoms with Crippen LogP contribution in [0, 0.1) is 0 Å². The Morgan fingerprint density at radius 3 is 2.29 bits per heavy atom. The van der Waals surface area contributed by atoms with E-state index in [0.717, 1.165) is 12.8 Å². The summed E-state index contributed by atoms with van der Waals surface area (Å²) in [6.45, 7) is 2.28. The number of hydrogen-bond donors (Lipinski definition) is 0. The average molecular weight is 280 g/mol. The summed E-state index contributed by atoms with van der Waals surface area (Å²) in [7, 11) is 0. The highest BCUT2D eigenvalue weighted by molar-refractivity contribution is 6.59. The highest BCUT2D eigenvalue weighted by Crippen LogP contribution is 2.24. The molecule has 0 aromatic heterocycles. The Balaban J connectivity index is 4.27. The van der Waals surface area contributed by atoms with E-state index >= 15 is 0 Å². The molecule has 0 radical (unpaired) electrons. The third-order valence-corrected chi connectivity index (χ3v) is 2.22. The number of ether oxygens (including phenoxy) is 1. The second-order valence-corrected chi connectivity index (χ2v) is 4.51. The van der Waals surface area contributed by atoms with Crippen LogP contribution in [0.15, 0.2) is 10.1 Å². The first kappa shape index (κ1) is 14.4. The van der Waals surface area contributed by atoms with Crippen LogP contribution in [0.25, 0.3) is 0 Å². The van der Waals surface area contributed by atoms with Crippen molar-refractivity contribution in [2.24, 2.45) is 0 Å². The molecule has 0 aliphatic rings. The highest BCUT2D eigenvalue weighted by atomic mass is 35.5. The van der Waals surface area contributed by atoms with Crippen LogP contribution < -0.4 is 0 Å². The molecule has 0 aromatic carbocycles. The topological polar surface area (TPSA) is 26.3 Å². The molecule has 0 heterocycles. The van der Waals surface area contributed by atoms with Crippen LogP contribution in [0.5, 0.6) is 0 Å². The van der Waals surface area contributed by atoms with Crippen molar-refractivity contribution in [2.45, 2.75) is 24.6 Å². The van der Waals surface area contributed by atoms with E-state index in [0.29, 0.717) is 6.61 Å². The van der Waals surface area contributed by atoms with Gasteiger partial charge in [-0.15, -0.1) is 0 Å². The Morgan fingerprint density at radius 2 is 1.93 bits per heavy atom. The molecule has 0 saturated carbocycles. The first-order valence-corrected chi connectivity index (χ1v) is 5.64. The number of alkyl halides is 2. The molecule has 0 rings (SSSR count). The molecular weight excluding hydrogens is 270 g/mol. The summed E-state index contributed by atoms with van der Waals surface area (Å²) in [6, 6.07) is 0. The van der Waals surface area contributed by atoms with Gasteiger partial charge in [-0.3, -0.25) is 0 Å². The maximum Gasteiger partial charge on any atom is 0.339 e. The van der Waals surface area contributed by atoms with Crippen molar-refractivity contribution in [3.05, 3.63) is 10.1 Å². The van der Waals surface area contributed by atoms with E-state index in [1.54, 1.807) is 0 Å². The van der Waals surface area contributed by atoms with Crippen molar-refractivity contribution < 1.29 is 9.53 Å². The lowest BCUT2D eigenvalue weighted by Gasteiger charge is -2.08. The monoisotopic (exact) mass is 278 g/mol. The van der Waals surface area contributed by atoms with Gasteiger partial charge in [0.15, 0.2) is 0 Å². The van der Waals surface area contributed by atoms with E-state index in [9.17, 15) is 4.79 Å².